The molecule has 1 aromatic heterocycles. The summed E-state index contributed by atoms with van der Waals surface area (Å²) in [4.78, 5) is 5.79. The summed E-state index contributed by atoms with van der Waals surface area (Å²) in [6, 6.07) is 18.3. The van der Waals surface area contributed by atoms with Crippen molar-refractivity contribution >= 4 is 34.6 Å². The maximum atomic E-state index is 6.09. The van der Waals surface area contributed by atoms with Crippen molar-refractivity contribution in [2.75, 3.05) is 32.9 Å². The number of aromatic nitrogens is 1. The minimum absolute atomic E-state index is 0.382. The zero-order valence-electron chi connectivity index (χ0n) is 17.2. The number of rotatable bonds is 7. The number of para-hydroxylation sites is 1. The molecule has 0 aliphatic heterocycles. The summed E-state index contributed by atoms with van der Waals surface area (Å²) in [5.74, 6) is 1.62. The van der Waals surface area contributed by atoms with E-state index in [1.807, 2.05) is 24.3 Å². The van der Waals surface area contributed by atoms with Crippen LogP contribution < -0.4 is 19.5 Å². The van der Waals surface area contributed by atoms with E-state index in [4.69, 9.17) is 18.6 Å². The molecule has 0 saturated heterocycles. The fraction of sp³-hybridized carbons (Fsp3) is 0.174. The fourth-order valence-electron chi connectivity index (χ4n) is 3.30. The lowest BCUT2D eigenvalue weighted by molar-refractivity contribution is 0.324. The van der Waals surface area contributed by atoms with Crippen LogP contribution in [0.5, 0.6) is 17.2 Å². The third kappa shape index (κ3) is 3.76. The molecule has 0 radical (unpaired) electrons. The first-order valence-electron chi connectivity index (χ1n) is 9.28. The van der Waals surface area contributed by atoms with E-state index in [0.29, 0.717) is 29.0 Å². The minimum Gasteiger partial charge on any atom is -0.493 e. The number of oxazole rings is 1. The van der Waals surface area contributed by atoms with Crippen molar-refractivity contribution in [2.45, 2.75) is 4.90 Å². The Hall–Kier alpha value is -3.32. The summed E-state index contributed by atoms with van der Waals surface area (Å²) in [6.45, 7) is 0. The normalized spacial score (nSPS) is 10.8. The Labute approximate surface area is 179 Å². The summed E-state index contributed by atoms with van der Waals surface area (Å²) in [6.07, 6.45) is 2.06. The van der Waals surface area contributed by atoms with Crippen LogP contribution in [0.2, 0.25) is 0 Å². The lowest BCUT2D eigenvalue weighted by atomic mass is 10.1. The van der Waals surface area contributed by atoms with Crippen molar-refractivity contribution in [1.82, 2.24) is 4.98 Å². The maximum Gasteiger partial charge on any atom is 0.300 e. The lowest BCUT2D eigenvalue weighted by Crippen LogP contribution is -1.97. The minimum atomic E-state index is 0.382. The number of methoxy groups -OCH3 is 3. The molecule has 0 saturated carbocycles. The van der Waals surface area contributed by atoms with Crippen molar-refractivity contribution in [3.8, 4) is 28.4 Å². The third-order valence-corrected chi connectivity index (χ3v) is 5.44. The van der Waals surface area contributed by atoms with Gasteiger partial charge in [0.15, 0.2) is 17.1 Å². The highest BCUT2D eigenvalue weighted by Crippen LogP contribution is 2.41. The zero-order valence-corrected chi connectivity index (χ0v) is 18.0. The molecule has 0 bridgehead atoms. The van der Waals surface area contributed by atoms with Crippen molar-refractivity contribution in [3.63, 3.8) is 0 Å². The van der Waals surface area contributed by atoms with Crippen LogP contribution in [0.15, 0.2) is 63.9 Å². The predicted octanol–water partition coefficient (Wildman–Crippen LogP) is 5.99. The average Bonchev–Trinajstić information content (AvgIpc) is 3.20. The Morgan fingerprint density at radius 1 is 0.900 bits per heavy atom. The molecule has 4 rings (SSSR count). The SMILES string of the molecule is COc1cc(Nc2nc3cccc(-c4cccc(SC)c4)c3o2)cc(OC)c1OC. The summed E-state index contributed by atoms with van der Waals surface area (Å²) < 4.78 is 22.3. The molecule has 0 aliphatic carbocycles. The standard InChI is InChI=1S/C23H22N2O4S/c1-26-19-12-15(13-20(27-2)22(19)28-3)24-23-25-18-10-6-9-17(21(18)29-23)14-7-5-8-16(11-14)30-4/h5-13H,1-4H3,(H,24,25). The van der Waals surface area contributed by atoms with Gasteiger partial charge in [0, 0.05) is 28.3 Å². The predicted molar refractivity (Wildman–Crippen MR) is 121 cm³/mol. The number of hydrogen-bond donors (Lipinski definition) is 1. The quantitative estimate of drug-likeness (QED) is 0.367. The van der Waals surface area contributed by atoms with Gasteiger partial charge in [-0.1, -0.05) is 24.3 Å². The third-order valence-electron chi connectivity index (χ3n) is 4.71. The second-order valence-corrected chi connectivity index (χ2v) is 7.32. The van der Waals surface area contributed by atoms with Crippen molar-refractivity contribution in [1.29, 1.82) is 0 Å². The van der Waals surface area contributed by atoms with Gasteiger partial charge in [-0.3, -0.25) is 0 Å². The molecule has 0 aliphatic rings. The van der Waals surface area contributed by atoms with Gasteiger partial charge in [-0.15, -0.1) is 11.8 Å². The molecule has 7 heteroatoms. The molecule has 1 heterocycles. The van der Waals surface area contributed by atoms with Gasteiger partial charge in [0.25, 0.3) is 6.01 Å². The van der Waals surface area contributed by atoms with E-state index in [9.17, 15) is 0 Å². The van der Waals surface area contributed by atoms with Crippen LogP contribution in [0.25, 0.3) is 22.2 Å². The number of fused-ring (bicyclic) bond motifs is 1. The van der Waals surface area contributed by atoms with E-state index < -0.39 is 0 Å². The number of thioether (sulfide) groups is 1. The number of nitrogens with one attached hydrogen (secondary N) is 1. The first-order chi connectivity index (χ1) is 14.7. The molecule has 0 amide bonds. The number of hydrogen-bond acceptors (Lipinski definition) is 7. The summed E-state index contributed by atoms with van der Waals surface area (Å²) in [7, 11) is 4.73. The number of ether oxygens (including phenoxy) is 3. The molecular formula is C23H22N2O4S. The van der Waals surface area contributed by atoms with E-state index >= 15 is 0 Å². The van der Waals surface area contributed by atoms with Crippen LogP contribution in [0.4, 0.5) is 11.7 Å². The molecule has 154 valence electrons. The van der Waals surface area contributed by atoms with Gasteiger partial charge < -0.3 is 23.9 Å². The topological polar surface area (TPSA) is 65.8 Å². The number of benzene rings is 3. The van der Waals surface area contributed by atoms with Gasteiger partial charge in [0.05, 0.1) is 21.3 Å². The first kappa shape index (κ1) is 20.0. The highest BCUT2D eigenvalue weighted by molar-refractivity contribution is 7.98. The van der Waals surface area contributed by atoms with Crippen LogP contribution in [-0.4, -0.2) is 32.6 Å². The van der Waals surface area contributed by atoms with Crippen LogP contribution in [-0.2, 0) is 0 Å². The maximum absolute atomic E-state index is 6.09. The molecule has 0 spiro atoms. The molecule has 30 heavy (non-hydrogen) atoms. The van der Waals surface area contributed by atoms with Gasteiger partial charge in [0.1, 0.15) is 5.52 Å². The van der Waals surface area contributed by atoms with Crippen molar-refractivity contribution in [3.05, 3.63) is 54.6 Å². The van der Waals surface area contributed by atoms with Crippen LogP contribution in [0.3, 0.4) is 0 Å². The molecule has 6 nitrogen and oxygen atoms in total. The van der Waals surface area contributed by atoms with Gasteiger partial charge >= 0.3 is 0 Å². The van der Waals surface area contributed by atoms with Gasteiger partial charge in [-0.25, -0.2) is 0 Å². The van der Waals surface area contributed by atoms with E-state index in [1.54, 1.807) is 45.2 Å². The van der Waals surface area contributed by atoms with Crippen LogP contribution >= 0.6 is 11.8 Å². The Bertz CT molecular complexity index is 1160. The van der Waals surface area contributed by atoms with E-state index in [-0.39, 0.29) is 0 Å². The second-order valence-electron chi connectivity index (χ2n) is 6.44. The number of nitrogens with zero attached hydrogens (tertiary/aromatic N) is 1. The average molecular weight is 423 g/mol. The Kier molecular flexibility index (Phi) is 5.72. The molecule has 0 atom stereocenters. The fourth-order valence-corrected chi connectivity index (χ4v) is 3.76. The van der Waals surface area contributed by atoms with Crippen molar-refractivity contribution in [2.24, 2.45) is 0 Å². The first-order valence-corrected chi connectivity index (χ1v) is 10.5. The molecular weight excluding hydrogens is 400 g/mol. The molecule has 1 N–H and O–H groups in total. The van der Waals surface area contributed by atoms with E-state index in [1.165, 1.54) is 4.90 Å². The lowest BCUT2D eigenvalue weighted by Gasteiger charge is -2.14. The highest BCUT2D eigenvalue weighted by Gasteiger charge is 2.16. The van der Waals surface area contributed by atoms with Crippen molar-refractivity contribution < 1.29 is 18.6 Å². The van der Waals surface area contributed by atoms with E-state index in [2.05, 4.69) is 34.8 Å². The summed E-state index contributed by atoms with van der Waals surface area (Å²) in [5, 5.41) is 3.20. The molecule has 0 fully saturated rings. The number of anilines is 2. The van der Waals surface area contributed by atoms with Gasteiger partial charge in [-0.05, 0) is 30.0 Å². The Morgan fingerprint density at radius 3 is 2.30 bits per heavy atom. The second kappa shape index (κ2) is 8.59. The Morgan fingerprint density at radius 2 is 1.63 bits per heavy atom. The largest absolute Gasteiger partial charge is 0.493 e. The van der Waals surface area contributed by atoms with Gasteiger partial charge in [0.2, 0.25) is 5.75 Å². The van der Waals surface area contributed by atoms with Crippen LogP contribution in [0.1, 0.15) is 0 Å². The summed E-state index contributed by atoms with van der Waals surface area (Å²) in [5.41, 5.74) is 4.29. The zero-order chi connectivity index (χ0) is 21.1. The highest BCUT2D eigenvalue weighted by atomic mass is 32.2. The summed E-state index contributed by atoms with van der Waals surface area (Å²) >= 11 is 1.71. The molecule has 0 unspecified atom stereocenters. The van der Waals surface area contributed by atoms with Crippen LogP contribution in [0, 0.1) is 0 Å². The van der Waals surface area contributed by atoms with E-state index in [0.717, 1.165) is 22.2 Å². The smallest absolute Gasteiger partial charge is 0.300 e. The monoisotopic (exact) mass is 422 g/mol. The van der Waals surface area contributed by atoms with Gasteiger partial charge in [-0.2, -0.15) is 4.98 Å². The molecule has 4 aromatic rings. The molecule has 3 aromatic carbocycles. The Balaban J connectivity index is 1.73.